The standard InChI is InChI=1S/C14H17N3O3/c1-6-18-12-3-2-11(8-13(12)19-7-1)9-15-5-4-14-16-10-20-17-14/h2-3,8,10,15H,1,4-7,9H2. The molecule has 2 aromatic rings. The normalized spacial score (nSPS) is 14.0. The minimum absolute atomic E-state index is 0.710. The Morgan fingerprint density at radius 2 is 2.05 bits per heavy atom. The average molecular weight is 275 g/mol. The molecule has 0 saturated carbocycles. The maximum Gasteiger partial charge on any atom is 0.213 e. The van der Waals surface area contributed by atoms with E-state index in [4.69, 9.17) is 9.47 Å². The Hall–Kier alpha value is -2.08. The summed E-state index contributed by atoms with van der Waals surface area (Å²) < 4.78 is 16.0. The van der Waals surface area contributed by atoms with Crippen LogP contribution in [0.2, 0.25) is 0 Å². The van der Waals surface area contributed by atoms with E-state index in [1.54, 1.807) is 0 Å². The number of hydrogen-bond donors (Lipinski definition) is 1. The Kier molecular flexibility index (Phi) is 4.13. The van der Waals surface area contributed by atoms with Crippen LogP contribution in [0, 0.1) is 0 Å². The van der Waals surface area contributed by atoms with Crippen molar-refractivity contribution in [1.82, 2.24) is 15.5 Å². The number of nitrogens with zero attached hydrogens (tertiary/aromatic N) is 2. The third-order valence-corrected chi connectivity index (χ3v) is 3.07. The van der Waals surface area contributed by atoms with E-state index in [1.165, 1.54) is 12.0 Å². The maximum absolute atomic E-state index is 5.67. The fraction of sp³-hybridized carbons (Fsp3) is 0.429. The van der Waals surface area contributed by atoms with Crippen LogP contribution in [0.5, 0.6) is 11.5 Å². The first kappa shape index (κ1) is 12.9. The lowest BCUT2D eigenvalue weighted by Crippen LogP contribution is -2.17. The second-order valence-electron chi connectivity index (χ2n) is 4.61. The fourth-order valence-electron chi connectivity index (χ4n) is 2.05. The molecule has 0 saturated heterocycles. The number of fused-ring (bicyclic) bond motifs is 1. The summed E-state index contributed by atoms with van der Waals surface area (Å²) >= 11 is 0. The van der Waals surface area contributed by atoms with Crippen molar-refractivity contribution in [2.45, 2.75) is 19.4 Å². The molecule has 1 aromatic heterocycles. The molecule has 1 N–H and O–H groups in total. The van der Waals surface area contributed by atoms with Gasteiger partial charge in [-0.05, 0) is 17.7 Å². The van der Waals surface area contributed by atoms with Crippen LogP contribution in [0.4, 0.5) is 0 Å². The highest BCUT2D eigenvalue weighted by atomic mass is 16.5. The van der Waals surface area contributed by atoms with E-state index in [9.17, 15) is 0 Å². The first-order valence-corrected chi connectivity index (χ1v) is 6.76. The van der Waals surface area contributed by atoms with E-state index in [2.05, 4.69) is 26.0 Å². The van der Waals surface area contributed by atoms with Gasteiger partial charge in [-0.1, -0.05) is 11.2 Å². The molecule has 0 aliphatic carbocycles. The Balaban J connectivity index is 1.51. The Morgan fingerprint density at radius 3 is 2.90 bits per heavy atom. The summed E-state index contributed by atoms with van der Waals surface area (Å²) in [6.45, 7) is 3.00. The van der Waals surface area contributed by atoms with Gasteiger partial charge in [0.2, 0.25) is 6.39 Å². The summed E-state index contributed by atoms with van der Waals surface area (Å²) in [5.41, 5.74) is 1.17. The summed E-state index contributed by atoms with van der Waals surface area (Å²) in [4.78, 5) is 3.97. The van der Waals surface area contributed by atoms with Gasteiger partial charge < -0.3 is 19.3 Å². The van der Waals surface area contributed by atoms with Crippen molar-refractivity contribution in [2.75, 3.05) is 19.8 Å². The number of aromatic nitrogens is 2. The molecule has 1 aliphatic rings. The van der Waals surface area contributed by atoms with Crippen molar-refractivity contribution in [3.8, 4) is 11.5 Å². The van der Waals surface area contributed by atoms with Crippen LogP contribution in [-0.4, -0.2) is 29.9 Å². The Labute approximate surface area is 117 Å². The van der Waals surface area contributed by atoms with Crippen LogP contribution in [0.25, 0.3) is 0 Å². The number of ether oxygens (including phenoxy) is 2. The molecule has 0 fully saturated rings. The predicted octanol–water partition coefficient (Wildman–Crippen LogP) is 1.56. The molecule has 0 unspecified atom stereocenters. The number of nitrogens with one attached hydrogen (secondary N) is 1. The third kappa shape index (κ3) is 3.27. The van der Waals surface area contributed by atoms with Gasteiger partial charge in [-0.3, -0.25) is 0 Å². The zero-order valence-corrected chi connectivity index (χ0v) is 11.2. The highest BCUT2D eigenvalue weighted by molar-refractivity contribution is 5.43. The molecule has 0 spiro atoms. The van der Waals surface area contributed by atoms with Crippen molar-refractivity contribution < 1.29 is 14.0 Å². The van der Waals surface area contributed by atoms with Gasteiger partial charge in [0.25, 0.3) is 0 Å². The van der Waals surface area contributed by atoms with E-state index in [1.807, 2.05) is 12.1 Å². The molecule has 6 heteroatoms. The lowest BCUT2D eigenvalue weighted by Gasteiger charge is -2.09. The molecule has 20 heavy (non-hydrogen) atoms. The Bertz CT molecular complexity index is 543. The molecule has 0 atom stereocenters. The van der Waals surface area contributed by atoms with Gasteiger partial charge in [-0.2, -0.15) is 4.98 Å². The summed E-state index contributed by atoms with van der Waals surface area (Å²) in [5, 5.41) is 7.11. The summed E-state index contributed by atoms with van der Waals surface area (Å²) in [7, 11) is 0. The summed E-state index contributed by atoms with van der Waals surface area (Å²) in [5.74, 6) is 2.38. The molecule has 0 amide bonds. The van der Waals surface area contributed by atoms with Crippen LogP contribution in [-0.2, 0) is 13.0 Å². The monoisotopic (exact) mass is 275 g/mol. The van der Waals surface area contributed by atoms with Crippen molar-refractivity contribution in [3.05, 3.63) is 36.0 Å². The lowest BCUT2D eigenvalue weighted by atomic mass is 10.2. The quantitative estimate of drug-likeness (QED) is 0.835. The first-order valence-electron chi connectivity index (χ1n) is 6.76. The van der Waals surface area contributed by atoms with Crippen molar-refractivity contribution in [3.63, 3.8) is 0 Å². The molecule has 1 aliphatic heterocycles. The third-order valence-electron chi connectivity index (χ3n) is 3.07. The van der Waals surface area contributed by atoms with Gasteiger partial charge in [0.05, 0.1) is 13.2 Å². The molecule has 0 radical (unpaired) electrons. The van der Waals surface area contributed by atoms with Crippen molar-refractivity contribution in [2.24, 2.45) is 0 Å². The highest BCUT2D eigenvalue weighted by Gasteiger charge is 2.10. The van der Waals surface area contributed by atoms with Gasteiger partial charge in [-0.25, -0.2) is 0 Å². The molecule has 0 bridgehead atoms. The molecule has 3 rings (SSSR count). The lowest BCUT2D eigenvalue weighted by molar-refractivity contribution is 0.297. The maximum atomic E-state index is 5.67. The largest absolute Gasteiger partial charge is 0.490 e. The SMILES string of the molecule is c1nc(CCNCc2ccc3c(c2)OCCCO3)no1. The minimum atomic E-state index is 0.710. The van der Waals surface area contributed by atoms with Gasteiger partial charge in [-0.15, -0.1) is 0 Å². The smallest absolute Gasteiger partial charge is 0.213 e. The van der Waals surface area contributed by atoms with Crippen LogP contribution < -0.4 is 14.8 Å². The van der Waals surface area contributed by atoms with Crippen molar-refractivity contribution >= 4 is 0 Å². The fourth-order valence-corrected chi connectivity index (χ4v) is 2.05. The molecule has 2 heterocycles. The van der Waals surface area contributed by atoms with E-state index in [0.717, 1.165) is 49.9 Å². The minimum Gasteiger partial charge on any atom is -0.490 e. The summed E-state index contributed by atoms with van der Waals surface area (Å²) in [6, 6.07) is 6.05. The van der Waals surface area contributed by atoms with Gasteiger partial charge >= 0.3 is 0 Å². The second kappa shape index (κ2) is 6.38. The van der Waals surface area contributed by atoms with Gasteiger partial charge in [0.1, 0.15) is 0 Å². The van der Waals surface area contributed by atoms with Crippen LogP contribution in [0.15, 0.2) is 29.1 Å². The van der Waals surface area contributed by atoms with Crippen molar-refractivity contribution in [1.29, 1.82) is 0 Å². The predicted molar refractivity (Wildman–Crippen MR) is 71.8 cm³/mol. The number of hydrogen-bond acceptors (Lipinski definition) is 6. The second-order valence-corrected chi connectivity index (χ2v) is 4.61. The van der Waals surface area contributed by atoms with E-state index in [-0.39, 0.29) is 0 Å². The van der Waals surface area contributed by atoms with E-state index < -0.39 is 0 Å². The zero-order valence-electron chi connectivity index (χ0n) is 11.2. The highest BCUT2D eigenvalue weighted by Crippen LogP contribution is 2.30. The number of benzene rings is 1. The number of rotatable bonds is 5. The molecular weight excluding hydrogens is 258 g/mol. The van der Waals surface area contributed by atoms with E-state index >= 15 is 0 Å². The first-order chi connectivity index (χ1) is 9.92. The van der Waals surface area contributed by atoms with Gasteiger partial charge in [0, 0.05) is 25.9 Å². The summed E-state index contributed by atoms with van der Waals surface area (Å²) in [6.07, 6.45) is 3.02. The molecular formula is C14H17N3O3. The molecule has 1 aromatic carbocycles. The van der Waals surface area contributed by atoms with E-state index in [0.29, 0.717) is 6.61 Å². The average Bonchev–Trinajstić information content (AvgIpc) is 2.87. The van der Waals surface area contributed by atoms with Crippen LogP contribution >= 0.6 is 0 Å². The zero-order chi connectivity index (χ0) is 13.6. The molecule has 6 nitrogen and oxygen atoms in total. The topological polar surface area (TPSA) is 69.4 Å². The van der Waals surface area contributed by atoms with Gasteiger partial charge in [0.15, 0.2) is 17.3 Å². The molecule has 106 valence electrons. The van der Waals surface area contributed by atoms with Crippen LogP contribution in [0.3, 0.4) is 0 Å². The Morgan fingerprint density at radius 1 is 1.15 bits per heavy atom. The van der Waals surface area contributed by atoms with Crippen LogP contribution in [0.1, 0.15) is 17.8 Å².